The van der Waals surface area contributed by atoms with E-state index in [1.807, 2.05) is 30.5 Å². The predicted octanol–water partition coefficient (Wildman–Crippen LogP) is 4.04. The zero-order valence-electron chi connectivity index (χ0n) is 8.61. The lowest BCUT2D eigenvalue weighted by molar-refractivity contribution is 1.20. The average Bonchev–Trinajstić information content (AvgIpc) is 2.71. The fourth-order valence-electron chi connectivity index (χ4n) is 1.78. The number of halogens is 2. The van der Waals surface area contributed by atoms with E-state index in [9.17, 15) is 0 Å². The van der Waals surface area contributed by atoms with Gasteiger partial charge in [-0.15, -0.1) is 0 Å². The molecule has 5 heteroatoms. The van der Waals surface area contributed by atoms with Crippen molar-refractivity contribution in [1.82, 2.24) is 15.0 Å². The second-order valence-electron chi connectivity index (χ2n) is 3.59. The number of aromatic amines is 1. The zero-order valence-corrected chi connectivity index (χ0v) is 11.0. The Morgan fingerprint density at radius 2 is 2.12 bits per heavy atom. The number of nitrogens with zero attached hydrogens (tertiary/aromatic N) is 2. The van der Waals surface area contributed by atoms with Crippen LogP contribution in [0.1, 0.15) is 0 Å². The van der Waals surface area contributed by atoms with E-state index in [1.165, 1.54) is 0 Å². The molecule has 2 heterocycles. The third kappa shape index (κ3) is 1.83. The lowest BCUT2D eigenvalue weighted by Gasteiger charge is -2.03. The van der Waals surface area contributed by atoms with E-state index >= 15 is 0 Å². The van der Waals surface area contributed by atoms with Crippen LogP contribution in [-0.4, -0.2) is 15.0 Å². The van der Waals surface area contributed by atoms with Crippen molar-refractivity contribution in [2.45, 2.75) is 0 Å². The number of benzene rings is 1. The first kappa shape index (κ1) is 10.7. The molecule has 0 aliphatic rings. The maximum absolute atomic E-state index is 6.00. The van der Waals surface area contributed by atoms with E-state index in [4.69, 9.17) is 11.6 Å². The molecule has 0 aliphatic carbocycles. The van der Waals surface area contributed by atoms with Crippen molar-refractivity contribution in [3.63, 3.8) is 0 Å². The summed E-state index contributed by atoms with van der Waals surface area (Å²) in [6.07, 6.45) is 3.40. The number of fused-ring (bicyclic) bond motifs is 1. The lowest BCUT2D eigenvalue weighted by Crippen LogP contribution is -1.87. The summed E-state index contributed by atoms with van der Waals surface area (Å²) in [7, 11) is 0. The normalized spacial score (nSPS) is 10.9. The summed E-state index contributed by atoms with van der Waals surface area (Å²) < 4.78 is 0.947. The smallest absolute Gasteiger partial charge is 0.142 e. The molecule has 1 N–H and O–H groups in total. The highest BCUT2D eigenvalue weighted by Crippen LogP contribution is 2.31. The Kier molecular flexibility index (Phi) is 2.61. The van der Waals surface area contributed by atoms with Gasteiger partial charge in [-0.05, 0) is 28.1 Å². The van der Waals surface area contributed by atoms with Gasteiger partial charge in [0.25, 0.3) is 0 Å². The van der Waals surface area contributed by atoms with E-state index < -0.39 is 0 Å². The molecule has 0 radical (unpaired) electrons. The minimum Gasteiger partial charge on any atom is -0.345 e. The lowest BCUT2D eigenvalue weighted by atomic mass is 10.1. The average molecular weight is 309 g/mol. The van der Waals surface area contributed by atoms with E-state index in [0.717, 1.165) is 26.8 Å². The predicted molar refractivity (Wildman–Crippen MR) is 72.0 cm³/mol. The maximum atomic E-state index is 6.00. The van der Waals surface area contributed by atoms with Gasteiger partial charge in [-0.25, -0.2) is 9.97 Å². The molecule has 3 aromatic rings. The Balaban J connectivity index is 2.33. The number of aromatic nitrogens is 3. The van der Waals surface area contributed by atoms with Crippen LogP contribution in [0, 0.1) is 0 Å². The Morgan fingerprint density at radius 1 is 1.24 bits per heavy atom. The van der Waals surface area contributed by atoms with Gasteiger partial charge in [0.1, 0.15) is 12.0 Å². The SMILES string of the molecule is Clc1cccc(-c2ncnc3[nH]cc(Br)c23)c1. The molecule has 0 bridgehead atoms. The maximum Gasteiger partial charge on any atom is 0.142 e. The molecule has 0 amide bonds. The number of nitrogens with one attached hydrogen (secondary N) is 1. The van der Waals surface area contributed by atoms with Crippen molar-refractivity contribution in [2.24, 2.45) is 0 Å². The summed E-state index contributed by atoms with van der Waals surface area (Å²) in [6.45, 7) is 0. The molecular weight excluding hydrogens is 302 g/mol. The molecule has 84 valence electrons. The van der Waals surface area contributed by atoms with Crippen LogP contribution in [0.4, 0.5) is 0 Å². The molecule has 0 saturated heterocycles. The number of hydrogen-bond donors (Lipinski definition) is 1. The van der Waals surface area contributed by atoms with Crippen molar-refractivity contribution >= 4 is 38.6 Å². The van der Waals surface area contributed by atoms with Gasteiger partial charge in [0.05, 0.1) is 11.1 Å². The zero-order chi connectivity index (χ0) is 11.8. The molecule has 0 aliphatic heterocycles. The van der Waals surface area contributed by atoms with Crippen LogP contribution in [0.3, 0.4) is 0 Å². The van der Waals surface area contributed by atoms with E-state index in [-0.39, 0.29) is 0 Å². The summed E-state index contributed by atoms with van der Waals surface area (Å²) in [6, 6.07) is 7.62. The van der Waals surface area contributed by atoms with Gasteiger partial charge in [-0.1, -0.05) is 23.7 Å². The van der Waals surface area contributed by atoms with E-state index in [2.05, 4.69) is 30.9 Å². The van der Waals surface area contributed by atoms with Gasteiger partial charge in [-0.3, -0.25) is 0 Å². The Morgan fingerprint density at radius 3 is 2.94 bits per heavy atom. The standard InChI is InChI=1S/C12H7BrClN3/c13-9-5-15-12-10(9)11(16-6-17-12)7-2-1-3-8(14)4-7/h1-6H,(H,15,16,17). The van der Waals surface area contributed by atoms with E-state index in [1.54, 1.807) is 6.33 Å². The van der Waals surface area contributed by atoms with Gasteiger partial charge < -0.3 is 4.98 Å². The highest BCUT2D eigenvalue weighted by Gasteiger charge is 2.11. The summed E-state index contributed by atoms with van der Waals surface area (Å²) in [5.41, 5.74) is 2.65. The van der Waals surface area contributed by atoms with Crippen molar-refractivity contribution in [1.29, 1.82) is 0 Å². The minimum absolute atomic E-state index is 0.695. The van der Waals surface area contributed by atoms with Crippen LogP contribution in [0.5, 0.6) is 0 Å². The molecule has 0 fully saturated rings. The molecule has 3 nitrogen and oxygen atoms in total. The fraction of sp³-hybridized carbons (Fsp3) is 0. The first-order valence-corrected chi connectivity index (χ1v) is 6.16. The quantitative estimate of drug-likeness (QED) is 0.737. The molecular formula is C12H7BrClN3. The second-order valence-corrected chi connectivity index (χ2v) is 4.88. The van der Waals surface area contributed by atoms with Gasteiger partial charge in [0, 0.05) is 21.3 Å². The summed E-state index contributed by atoms with van der Waals surface area (Å²) in [5.74, 6) is 0. The van der Waals surface area contributed by atoms with Gasteiger partial charge in [-0.2, -0.15) is 0 Å². The first-order valence-electron chi connectivity index (χ1n) is 4.99. The third-order valence-corrected chi connectivity index (χ3v) is 3.38. The molecule has 3 rings (SSSR count). The van der Waals surface area contributed by atoms with Crippen LogP contribution >= 0.6 is 27.5 Å². The monoisotopic (exact) mass is 307 g/mol. The van der Waals surface area contributed by atoms with Crippen LogP contribution in [0.2, 0.25) is 5.02 Å². The number of H-pyrrole nitrogens is 1. The van der Waals surface area contributed by atoms with Crippen LogP contribution in [-0.2, 0) is 0 Å². The third-order valence-electron chi connectivity index (χ3n) is 2.52. The Bertz CT molecular complexity index is 693. The highest BCUT2D eigenvalue weighted by molar-refractivity contribution is 9.10. The highest BCUT2D eigenvalue weighted by atomic mass is 79.9. The summed E-state index contributed by atoms with van der Waals surface area (Å²) in [5, 5.41) is 1.66. The minimum atomic E-state index is 0.695. The largest absolute Gasteiger partial charge is 0.345 e. The van der Waals surface area contributed by atoms with Crippen molar-refractivity contribution in [3.8, 4) is 11.3 Å². The summed E-state index contributed by atoms with van der Waals surface area (Å²) >= 11 is 9.49. The molecule has 0 saturated carbocycles. The fourth-order valence-corrected chi connectivity index (χ4v) is 2.46. The van der Waals surface area contributed by atoms with Crippen LogP contribution in [0.15, 0.2) is 41.3 Å². The van der Waals surface area contributed by atoms with E-state index in [0.29, 0.717) is 5.02 Å². The topological polar surface area (TPSA) is 41.6 Å². The van der Waals surface area contributed by atoms with Crippen molar-refractivity contribution in [2.75, 3.05) is 0 Å². The summed E-state index contributed by atoms with van der Waals surface area (Å²) in [4.78, 5) is 11.6. The Labute approximate surface area is 111 Å². The second kappa shape index (κ2) is 4.13. The van der Waals surface area contributed by atoms with Gasteiger partial charge in [0.2, 0.25) is 0 Å². The number of hydrogen-bond acceptors (Lipinski definition) is 2. The molecule has 17 heavy (non-hydrogen) atoms. The molecule has 0 atom stereocenters. The Hall–Kier alpha value is -1.39. The molecule has 2 aromatic heterocycles. The molecule has 1 aromatic carbocycles. The van der Waals surface area contributed by atoms with Crippen molar-refractivity contribution in [3.05, 3.63) is 46.3 Å². The van der Waals surface area contributed by atoms with Crippen LogP contribution < -0.4 is 0 Å². The number of rotatable bonds is 1. The van der Waals surface area contributed by atoms with Gasteiger partial charge in [0.15, 0.2) is 0 Å². The van der Waals surface area contributed by atoms with Crippen molar-refractivity contribution < 1.29 is 0 Å². The van der Waals surface area contributed by atoms with Gasteiger partial charge >= 0.3 is 0 Å². The molecule has 0 spiro atoms. The van der Waals surface area contributed by atoms with Crippen LogP contribution in [0.25, 0.3) is 22.3 Å². The molecule has 0 unspecified atom stereocenters. The first-order chi connectivity index (χ1) is 8.25.